The number of hydrogen-bond donors (Lipinski definition) is 1. The van der Waals surface area contributed by atoms with Gasteiger partial charge in [0, 0.05) is 36.5 Å². The van der Waals surface area contributed by atoms with E-state index in [1.807, 2.05) is 12.4 Å². The molecule has 0 aromatic carbocycles. The van der Waals surface area contributed by atoms with Crippen LogP contribution >= 0.6 is 0 Å². The third-order valence-corrected chi connectivity index (χ3v) is 3.28. The minimum atomic E-state index is 0.143. The van der Waals surface area contributed by atoms with E-state index in [0.717, 1.165) is 30.3 Å². The van der Waals surface area contributed by atoms with Gasteiger partial charge in [0.15, 0.2) is 0 Å². The lowest BCUT2D eigenvalue weighted by Gasteiger charge is -2.24. The van der Waals surface area contributed by atoms with E-state index in [9.17, 15) is 0 Å². The molecular formula is C14H23N3. The summed E-state index contributed by atoms with van der Waals surface area (Å²) in [6.07, 6.45) is 9.08. The summed E-state index contributed by atoms with van der Waals surface area (Å²) in [4.78, 5) is 8.90. The maximum Gasteiger partial charge on any atom is 0.128 e. The first-order valence-corrected chi connectivity index (χ1v) is 6.58. The van der Waals surface area contributed by atoms with Crippen LogP contribution in [0, 0.1) is 5.92 Å². The average molecular weight is 233 g/mol. The van der Waals surface area contributed by atoms with Gasteiger partial charge in [-0.1, -0.05) is 19.3 Å². The molecule has 0 unspecified atom stereocenters. The van der Waals surface area contributed by atoms with Crippen molar-refractivity contribution in [1.82, 2.24) is 15.3 Å². The van der Waals surface area contributed by atoms with Gasteiger partial charge >= 0.3 is 0 Å². The van der Waals surface area contributed by atoms with Gasteiger partial charge in [0.05, 0.1) is 0 Å². The van der Waals surface area contributed by atoms with Crippen LogP contribution in [0.5, 0.6) is 0 Å². The highest BCUT2D eigenvalue weighted by molar-refractivity contribution is 5.06. The quantitative estimate of drug-likeness (QED) is 0.869. The number of hydrogen-bond acceptors (Lipinski definition) is 3. The first-order valence-electron chi connectivity index (χ1n) is 6.58. The molecule has 17 heavy (non-hydrogen) atoms. The van der Waals surface area contributed by atoms with E-state index < -0.39 is 0 Å². The van der Waals surface area contributed by atoms with E-state index in [2.05, 4.69) is 36.1 Å². The summed E-state index contributed by atoms with van der Waals surface area (Å²) in [6, 6.07) is 0. The number of nitrogens with one attached hydrogen (secondary N) is 1. The van der Waals surface area contributed by atoms with Crippen LogP contribution in [-0.2, 0) is 13.0 Å². The Balaban J connectivity index is 1.84. The van der Waals surface area contributed by atoms with Gasteiger partial charge in [0.25, 0.3) is 0 Å². The number of nitrogens with zero attached hydrogens (tertiary/aromatic N) is 2. The van der Waals surface area contributed by atoms with Crippen LogP contribution in [0.4, 0.5) is 0 Å². The molecule has 1 aromatic heterocycles. The molecule has 0 bridgehead atoms. The normalized spacial score (nSPS) is 16.9. The lowest BCUT2D eigenvalue weighted by molar-refractivity contribution is 0.309. The van der Waals surface area contributed by atoms with E-state index in [1.54, 1.807) is 0 Å². The van der Waals surface area contributed by atoms with Crippen molar-refractivity contribution in [1.29, 1.82) is 0 Å². The van der Waals surface area contributed by atoms with Crippen molar-refractivity contribution in [3.05, 3.63) is 23.8 Å². The molecule has 0 saturated heterocycles. The Morgan fingerprint density at radius 1 is 1.24 bits per heavy atom. The van der Waals surface area contributed by atoms with Crippen molar-refractivity contribution < 1.29 is 0 Å². The third-order valence-electron chi connectivity index (χ3n) is 3.28. The lowest BCUT2D eigenvalue weighted by Crippen LogP contribution is -2.35. The van der Waals surface area contributed by atoms with Gasteiger partial charge < -0.3 is 5.32 Å². The predicted octanol–water partition coefficient (Wildman–Crippen LogP) is 2.71. The molecule has 94 valence electrons. The van der Waals surface area contributed by atoms with Crippen LogP contribution in [0.3, 0.4) is 0 Å². The van der Waals surface area contributed by atoms with Crippen molar-refractivity contribution in [2.24, 2.45) is 5.92 Å². The lowest BCUT2D eigenvalue weighted by atomic mass is 9.83. The van der Waals surface area contributed by atoms with E-state index >= 15 is 0 Å². The van der Waals surface area contributed by atoms with E-state index in [-0.39, 0.29) is 5.54 Å². The fourth-order valence-corrected chi connectivity index (χ4v) is 1.90. The van der Waals surface area contributed by atoms with Crippen LogP contribution in [0.25, 0.3) is 0 Å². The Kier molecular flexibility index (Phi) is 3.77. The predicted molar refractivity (Wildman–Crippen MR) is 69.7 cm³/mol. The van der Waals surface area contributed by atoms with Crippen molar-refractivity contribution in [3.8, 4) is 0 Å². The Morgan fingerprint density at radius 2 is 1.88 bits per heavy atom. The topological polar surface area (TPSA) is 37.8 Å². The molecule has 3 nitrogen and oxygen atoms in total. The van der Waals surface area contributed by atoms with Gasteiger partial charge in [-0.05, 0) is 26.7 Å². The summed E-state index contributed by atoms with van der Waals surface area (Å²) in [7, 11) is 0. The van der Waals surface area contributed by atoms with Crippen molar-refractivity contribution >= 4 is 0 Å². The molecule has 2 rings (SSSR count). The zero-order valence-corrected chi connectivity index (χ0v) is 11.2. The molecule has 1 fully saturated rings. The second-order valence-corrected chi connectivity index (χ2v) is 6.11. The molecule has 1 heterocycles. The monoisotopic (exact) mass is 233 g/mol. The number of aromatic nitrogens is 2. The Labute approximate surface area is 104 Å². The Hall–Kier alpha value is -0.960. The van der Waals surface area contributed by atoms with Crippen molar-refractivity contribution in [2.45, 2.75) is 58.5 Å². The maximum atomic E-state index is 4.45. The molecule has 0 radical (unpaired) electrons. The molecular weight excluding hydrogens is 210 g/mol. The summed E-state index contributed by atoms with van der Waals surface area (Å²) in [5.41, 5.74) is 1.31. The van der Waals surface area contributed by atoms with Gasteiger partial charge in [-0.3, -0.25) is 0 Å². The molecule has 1 aliphatic rings. The summed E-state index contributed by atoms with van der Waals surface area (Å²) in [5, 5.41) is 3.44. The van der Waals surface area contributed by atoms with Crippen LogP contribution < -0.4 is 5.32 Å². The summed E-state index contributed by atoms with van der Waals surface area (Å²) < 4.78 is 0. The van der Waals surface area contributed by atoms with Crippen LogP contribution in [0.2, 0.25) is 0 Å². The zero-order valence-electron chi connectivity index (χ0n) is 11.2. The third kappa shape index (κ3) is 4.08. The highest BCUT2D eigenvalue weighted by atomic mass is 15.0. The molecule has 0 atom stereocenters. The fraction of sp³-hybridized carbons (Fsp3) is 0.714. The molecule has 1 aliphatic carbocycles. The van der Waals surface area contributed by atoms with Gasteiger partial charge in [0.1, 0.15) is 5.82 Å². The van der Waals surface area contributed by atoms with Crippen molar-refractivity contribution in [3.63, 3.8) is 0 Å². The van der Waals surface area contributed by atoms with E-state index in [0.29, 0.717) is 0 Å². The van der Waals surface area contributed by atoms with E-state index in [1.165, 1.54) is 19.3 Å². The summed E-state index contributed by atoms with van der Waals surface area (Å²) in [6.45, 7) is 7.34. The largest absolute Gasteiger partial charge is 0.308 e. The van der Waals surface area contributed by atoms with Gasteiger partial charge in [-0.15, -0.1) is 0 Å². The second kappa shape index (κ2) is 5.13. The Bertz CT molecular complexity index is 347. The molecule has 0 amide bonds. The highest BCUT2D eigenvalue weighted by Gasteiger charge is 2.18. The fourth-order valence-electron chi connectivity index (χ4n) is 1.90. The van der Waals surface area contributed by atoms with Gasteiger partial charge in [-0.2, -0.15) is 0 Å². The van der Waals surface area contributed by atoms with Gasteiger partial charge in [-0.25, -0.2) is 9.97 Å². The average Bonchev–Trinajstić information content (AvgIpc) is 2.21. The molecule has 3 heteroatoms. The Morgan fingerprint density at radius 3 is 2.35 bits per heavy atom. The van der Waals surface area contributed by atoms with Crippen molar-refractivity contribution in [2.75, 3.05) is 0 Å². The SMILES string of the molecule is CC(C)(C)NCc1cnc(CC2CCC2)nc1. The maximum absolute atomic E-state index is 4.45. The highest BCUT2D eigenvalue weighted by Crippen LogP contribution is 2.28. The first-order chi connectivity index (χ1) is 8.03. The van der Waals surface area contributed by atoms with Crippen LogP contribution in [0.15, 0.2) is 12.4 Å². The summed E-state index contributed by atoms with van der Waals surface area (Å²) in [5.74, 6) is 1.85. The molecule has 0 aliphatic heterocycles. The van der Waals surface area contributed by atoms with E-state index in [4.69, 9.17) is 0 Å². The standard InChI is InChI=1S/C14H23N3/c1-14(2,3)17-10-12-8-15-13(16-9-12)7-11-5-4-6-11/h8-9,11,17H,4-7,10H2,1-3H3. The van der Waals surface area contributed by atoms with Gasteiger partial charge in [0.2, 0.25) is 0 Å². The minimum absolute atomic E-state index is 0.143. The van der Waals surface area contributed by atoms with Crippen LogP contribution in [-0.4, -0.2) is 15.5 Å². The smallest absolute Gasteiger partial charge is 0.128 e. The molecule has 0 spiro atoms. The molecule has 1 N–H and O–H groups in total. The minimum Gasteiger partial charge on any atom is -0.308 e. The second-order valence-electron chi connectivity index (χ2n) is 6.11. The number of rotatable bonds is 4. The summed E-state index contributed by atoms with van der Waals surface area (Å²) >= 11 is 0. The molecule has 1 aromatic rings. The molecule has 1 saturated carbocycles. The van der Waals surface area contributed by atoms with Crippen LogP contribution in [0.1, 0.15) is 51.4 Å². The zero-order chi connectivity index (χ0) is 12.3. The first kappa shape index (κ1) is 12.5.